The van der Waals surface area contributed by atoms with Crippen LogP contribution in [0, 0.1) is 19.7 Å². The summed E-state index contributed by atoms with van der Waals surface area (Å²) in [5, 5.41) is 10.2. The van der Waals surface area contributed by atoms with Crippen LogP contribution in [0.4, 0.5) is 4.39 Å². The van der Waals surface area contributed by atoms with E-state index in [9.17, 15) is 9.50 Å². The Kier molecular flexibility index (Phi) is 3.13. The number of aromatic hydroxyl groups is 1. The summed E-state index contributed by atoms with van der Waals surface area (Å²) in [7, 11) is 0. The van der Waals surface area contributed by atoms with Gasteiger partial charge < -0.3 is 10.8 Å². The van der Waals surface area contributed by atoms with Gasteiger partial charge >= 0.3 is 0 Å². The molecule has 0 unspecified atom stereocenters. The molecule has 1 fully saturated rings. The number of aryl methyl sites for hydroxylation is 1. The molecule has 0 radical (unpaired) electrons. The van der Waals surface area contributed by atoms with E-state index in [2.05, 4.69) is 0 Å². The standard InChI is InChI=1S/C14H20FNO/c1-9-7-11(15)10(2)12(13(9)17)14(8-16)5-3-4-6-14/h7,17H,3-6,8,16H2,1-2H3. The molecular weight excluding hydrogens is 217 g/mol. The van der Waals surface area contributed by atoms with Gasteiger partial charge in [-0.3, -0.25) is 0 Å². The molecule has 0 spiro atoms. The molecule has 1 saturated carbocycles. The van der Waals surface area contributed by atoms with Crippen molar-refractivity contribution in [2.24, 2.45) is 5.73 Å². The van der Waals surface area contributed by atoms with E-state index in [1.807, 2.05) is 0 Å². The van der Waals surface area contributed by atoms with Gasteiger partial charge in [-0.15, -0.1) is 0 Å². The lowest BCUT2D eigenvalue weighted by Crippen LogP contribution is -2.33. The number of nitrogens with two attached hydrogens (primary N) is 1. The summed E-state index contributed by atoms with van der Waals surface area (Å²) in [6, 6.07) is 1.40. The van der Waals surface area contributed by atoms with E-state index in [1.54, 1.807) is 13.8 Å². The molecule has 2 rings (SSSR count). The second-order valence-corrected chi connectivity index (χ2v) is 5.22. The number of phenols is 1. The minimum atomic E-state index is -0.241. The summed E-state index contributed by atoms with van der Waals surface area (Å²) in [4.78, 5) is 0. The zero-order valence-electron chi connectivity index (χ0n) is 10.5. The monoisotopic (exact) mass is 237 g/mol. The summed E-state index contributed by atoms with van der Waals surface area (Å²) in [5.41, 5.74) is 7.59. The minimum Gasteiger partial charge on any atom is -0.507 e. The van der Waals surface area contributed by atoms with Crippen molar-refractivity contribution in [1.82, 2.24) is 0 Å². The van der Waals surface area contributed by atoms with Gasteiger partial charge in [-0.1, -0.05) is 12.8 Å². The Morgan fingerprint density at radius 1 is 1.35 bits per heavy atom. The third kappa shape index (κ3) is 1.82. The topological polar surface area (TPSA) is 46.2 Å². The van der Waals surface area contributed by atoms with Gasteiger partial charge in [-0.2, -0.15) is 0 Å². The SMILES string of the molecule is Cc1cc(F)c(C)c(C2(CN)CCCC2)c1O. The summed E-state index contributed by atoms with van der Waals surface area (Å²) >= 11 is 0. The van der Waals surface area contributed by atoms with Crippen molar-refractivity contribution in [2.75, 3.05) is 6.54 Å². The fourth-order valence-corrected chi connectivity index (χ4v) is 3.12. The lowest BCUT2D eigenvalue weighted by atomic mass is 9.75. The molecule has 0 aliphatic heterocycles. The average molecular weight is 237 g/mol. The summed E-state index contributed by atoms with van der Waals surface area (Å²) in [6.45, 7) is 3.95. The quantitative estimate of drug-likeness (QED) is 0.830. The van der Waals surface area contributed by atoms with Gasteiger partial charge in [0.15, 0.2) is 0 Å². The van der Waals surface area contributed by atoms with E-state index < -0.39 is 0 Å². The van der Waals surface area contributed by atoms with Crippen LogP contribution in [0.3, 0.4) is 0 Å². The van der Waals surface area contributed by atoms with E-state index in [1.165, 1.54) is 6.07 Å². The molecule has 1 aliphatic rings. The van der Waals surface area contributed by atoms with Crippen LogP contribution in [-0.2, 0) is 5.41 Å². The van der Waals surface area contributed by atoms with Crippen LogP contribution in [-0.4, -0.2) is 11.7 Å². The van der Waals surface area contributed by atoms with Gasteiger partial charge in [0.1, 0.15) is 11.6 Å². The van der Waals surface area contributed by atoms with Crippen molar-refractivity contribution in [2.45, 2.75) is 44.9 Å². The van der Waals surface area contributed by atoms with Crippen LogP contribution in [0.25, 0.3) is 0 Å². The molecule has 94 valence electrons. The average Bonchev–Trinajstić information content (AvgIpc) is 2.77. The Morgan fingerprint density at radius 2 is 1.94 bits per heavy atom. The Labute approximate surface area is 102 Å². The minimum absolute atomic E-state index is 0.221. The van der Waals surface area contributed by atoms with Crippen molar-refractivity contribution in [3.8, 4) is 5.75 Å². The summed E-state index contributed by atoms with van der Waals surface area (Å²) in [6.07, 6.45) is 4.10. The molecule has 0 amide bonds. The van der Waals surface area contributed by atoms with E-state index >= 15 is 0 Å². The fraction of sp³-hybridized carbons (Fsp3) is 0.571. The van der Waals surface area contributed by atoms with Crippen molar-refractivity contribution >= 4 is 0 Å². The molecule has 3 N–H and O–H groups in total. The van der Waals surface area contributed by atoms with Gasteiger partial charge in [-0.05, 0) is 43.9 Å². The number of hydrogen-bond acceptors (Lipinski definition) is 2. The molecule has 1 aliphatic carbocycles. The fourth-order valence-electron chi connectivity index (χ4n) is 3.12. The maximum Gasteiger partial charge on any atom is 0.126 e. The molecule has 0 saturated heterocycles. The first kappa shape index (κ1) is 12.4. The molecule has 1 aromatic carbocycles. The number of halogens is 1. The molecule has 0 aromatic heterocycles. The number of rotatable bonds is 2. The summed E-state index contributed by atoms with van der Waals surface area (Å²) < 4.78 is 13.8. The third-order valence-corrected chi connectivity index (χ3v) is 4.17. The Hall–Kier alpha value is -1.09. The van der Waals surface area contributed by atoms with Crippen LogP contribution in [0.5, 0.6) is 5.75 Å². The maximum atomic E-state index is 13.8. The first-order valence-corrected chi connectivity index (χ1v) is 6.21. The lowest BCUT2D eigenvalue weighted by molar-refractivity contribution is 0.397. The molecule has 1 aromatic rings. The zero-order chi connectivity index (χ0) is 12.6. The van der Waals surface area contributed by atoms with Crippen LogP contribution >= 0.6 is 0 Å². The second kappa shape index (κ2) is 4.30. The predicted molar refractivity (Wildman–Crippen MR) is 66.7 cm³/mol. The molecule has 0 bridgehead atoms. The van der Waals surface area contributed by atoms with E-state index in [-0.39, 0.29) is 17.0 Å². The highest BCUT2D eigenvalue weighted by atomic mass is 19.1. The Bertz CT molecular complexity index is 410. The summed E-state index contributed by atoms with van der Waals surface area (Å²) in [5.74, 6) is -0.00808. The highest BCUT2D eigenvalue weighted by Gasteiger charge is 2.38. The smallest absolute Gasteiger partial charge is 0.126 e. The normalized spacial score (nSPS) is 18.6. The highest BCUT2D eigenvalue weighted by molar-refractivity contribution is 5.50. The van der Waals surface area contributed by atoms with Gasteiger partial charge in [0.25, 0.3) is 0 Å². The largest absolute Gasteiger partial charge is 0.507 e. The molecule has 3 heteroatoms. The van der Waals surface area contributed by atoms with Crippen LogP contribution in [0.2, 0.25) is 0 Å². The van der Waals surface area contributed by atoms with Crippen molar-refractivity contribution < 1.29 is 9.50 Å². The van der Waals surface area contributed by atoms with Crippen LogP contribution in [0.15, 0.2) is 6.07 Å². The highest BCUT2D eigenvalue weighted by Crippen LogP contribution is 2.46. The van der Waals surface area contributed by atoms with Gasteiger partial charge in [0.05, 0.1) is 0 Å². The predicted octanol–water partition coefficient (Wildman–Crippen LogP) is 2.92. The number of benzene rings is 1. The molecule has 17 heavy (non-hydrogen) atoms. The van der Waals surface area contributed by atoms with Gasteiger partial charge in [-0.25, -0.2) is 4.39 Å². The first-order chi connectivity index (χ1) is 8.02. The first-order valence-electron chi connectivity index (χ1n) is 6.21. The van der Waals surface area contributed by atoms with Gasteiger partial charge in [0.2, 0.25) is 0 Å². The third-order valence-electron chi connectivity index (χ3n) is 4.17. The Balaban J connectivity index is 2.65. The van der Waals surface area contributed by atoms with E-state index in [0.29, 0.717) is 17.7 Å². The molecule has 2 nitrogen and oxygen atoms in total. The Morgan fingerprint density at radius 3 is 2.47 bits per heavy atom. The molecule has 0 atom stereocenters. The second-order valence-electron chi connectivity index (χ2n) is 5.22. The van der Waals surface area contributed by atoms with Crippen LogP contribution in [0.1, 0.15) is 42.4 Å². The molecule has 0 heterocycles. The maximum absolute atomic E-state index is 13.8. The van der Waals surface area contributed by atoms with Crippen molar-refractivity contribution in [3.05, 3.63) is 28.6 Å². The van der Waals surface area contributed by atoms with Crippen molar-refractivity contribution in [3.63, 3.8) is 0 Å². The van der Waals surface area contributed by atoms with Gasteiger partial charge in [0, 0.05) is 17.5 Å². The lowest BCUT2D eigenvalue weighted by Gasteiger charge is -2.31. The van der Waals surface area contributed by atoms with E-state index in [0.717, 1.165) is 31.2 Å². The van der Waals surface area contributed by atoms with Crippen LogP contribution < -0.4 is 5.73 Å². The number of phenolic OH excluding ortho intramolecular Hbond substituents is 1. The van der Waals surface area contributed by atoms with E-state index in [4.69, 9.17) is 5.73 Å². The van der Waals surface area contributed by atoms with Crippen molar-refractivity contribution in [1.29, 1.82) is 0 Å². The zero-order valence-corrected chi connectivity index (χ0v) is 10.5. The molecular formula is C14H20FNO. The number of hydrogen-bond donors (Lipinski definition) is 2.